The number of nitrogens with zero attached hydrogens (tertiary/aromatic N) is 4. The van der Waals surface area contributed by atoms with Crippen LogP contribution in [0.5, 0.6) is 5.75 Å². The topological polar surface area (TPSA) is 363 Å². The lowest BCUT2D eigenvalue weighted by molar-refractivity contribution is -0.141. The van der Waals surface area contributed by atoms with E-state index in [0.29, 0.717) is 36.2 Å². The third kappa shape index (κ3) is 15.1. The molecule has 0 unspecified atom stereocenters. The molecule has 1 fully saturated rings. The molecule has 15 N–H and O–H groups in total. The van der Waals surface area contributed by atoms with Crippen LogP contribution in [-0.2, 0) is 52.8 Å². The van der Waals surface area contributed by atoms with Gasteiger partial charge in [0.15, 0.2) is 5.96 Å². The van der Waals surface area contributed by atoms with Crippen molar-refractivity contribution in [2.45, 2.75) is 95.0 Å². The molecule has 63 heavy (non-hydrogen) atoms. The molecule has 1 aliphatic heterocycles. The fourth-order valence-corrected chi connectivity index (χ4v) is 7.02. The van der Waals surface area contributed by atoms with Crippen molar-refractivity contribution in [2.24, 2.45) is 28.1 Å². The number of aromatic amines is 2. The van der Waals surface area contributed by atoms with Crippen LogP contribution in [0.2, 0.25) is 0 Å². The van der Waals surface area contributed by atoms with Gasteiger partial charge in [0, 0.05) is 56.1 Å². The summed E-state index contributed by atoms with van der Waals surface area (Å²) in [6.07, 6.45) is 6.84. The normalized spacial score (nSPS) is 15.9. The van der Waals surface area contributed by atoms with E-state index in [1.165, 1.54) is 42.1 Å². The zero-order valence-corrected chi connectivity index (χ0v) is 35.6. The Morgan fingerprint density at radius 3 is 1.92 bits per heavy atom. The fraction of sp³-hybridized carbons (Fsp3) is 0.500. The van der Waals surface area contributed by atoms with Gasteiger partial charge in [-0.3, -0.25) is 38.6 Å². The molecule has 342 valence electrons. The minimum Gasteiger partial charge on any atom is -0.508 e. The van der Waals surface area contributed by atoms with Gasteiger partial charge in [0.1, 0.15) is 42.0 Å². The Kier molecular flexibility index (Phi) is 18.4. The van der Waals surface area contributed by atoms with Crippen LogP contribution in [-0.4, -0.2) is 140 Å². The number of aliphatic imine (C=N–C) groups is 1. The summed E-state index contributed by atoms with van der Waals surface area (Å²) in [6, 6.07) is -1.11. The lowest BCUT2D eigenvalue weighted by Gasteiger charge is -2.30. The molecule has 23 nitrogen and oxygen atoms in total. The molecule has 0 radical (unpaired) electrons. The van der Waals surface area contributed by atoms with E-state index < -0.39 is 83.5 Å². The average Bonchev–Trinajstić information content (AvgIpc) is 4.05. The Bertz CT molecular complexity index is 2020. The summed E-state index contributed by atoms with van der Waals surface area (Å²) < 4.78 is 0. The number of phenolic OH excluding ortho intramolecular Hbond substituents is 1. The van der Waals surface area contributed by atoms with E-state index in [0.717, 1.165) is 0 Å². The Balaban J connectivity index is 1.60. The molecule has 4 rings (SSSR count). The third-order valence-electron chi connectivity index (χ3n) is 10.3. The molecular weight excluding hydrogens is 819 g/mol. The Hall–Kier alpha value is -7.04. The summed E-state index contributed by atoms with van der Waals surface area (Å²) in [5.41, 5.74) is 18.0. The maximum atomic E-state index is 14.4. The van der Waals surface area contributed by atoms with Crippen molar-refractivity contribution in [2.75, 3.05) is 26.7 Å². The number of nitrogens with one attached hydrogen (secondary N) is 8. The van der Waals surface area contributed by atoms with Crippen LogP contribution >= 0.6 is 0 Å². The van der Waals surface area contributed by atoms with Crippen molar-refractivity contribution in [3.05, 3.63) is 66.3 Å². The molecule has 23 heteroatoms. The number of carbonyl (C=O) groups is 7. The Morgan fingerprint density at radius 1 is 0.794 bits per heavy atom. The van der Waals surface area contributed by atoms with E-state index in [2.05, 4.69) is 56.8 Å². The minimum absolute atomic E-state index is 0.0323. The highest BCUT2D eigenvalue weighted by atomic mass is 16.3. The Labute approximate surface area is 364 Å². The first-order valence-corrected chi connectivity index (χ1v) is 20.6. The first-order chi connectivity index (χ1) is 30.1. The molecule has 1 aliphatic rings. The SMILES string of the molecule is CNCC(=O)N[C@@H](CCCN=C(N)N)C(=O)N[C@H](C(=O)N[C@@H](Cc1ccc(O)cc1)C(=O)N[C@@H](Cc1cnc[nH]1)C(=O)N[C@@H](Cc1cnc[nH]1)C(=O)N1CCC[C@H]1C(N)=O)C(C)C. The van der Waals surface area contributed by atoms with Gasteiger partial charge in [-0.1, -0.05) is 26.0 Å². The summed E-state index contributed by atoms with van der Waals surface area (Å²) in [6.45, 7) is 3.73. The molecule has 0 bridgehead atoms. The number of nitrogens with two attached hydrogens (primary N) is 3. The second-order valence-corrected chi connectivity index (χ2v) is 15.5. The van der Waals surface area contributed by atoms with Gasteiger partial charge in [-0.15, -0.1) is 0 Å². The second kappa shape index (κ2) is 23.8. The minimum atomic E-state index is -1.36. The summed E-state index contributed by atoms with van der Waals surface area (Å²) in [4.78, 5) is 114. The first kappa shape index (κ1) is 48.6. The molecule has 0 aliphatic carbocycles. The van der Waals surface area contributed by atoms with Crippen LogP contribution < -0.4 is 49.1 Å². The Morgan fingerprint density at radius 2 is 1.37 bits per heavy atom. The van der Waals surface area contributed by atoms with E-state index in [1.54, 1.807) is 33.0 Å². The molecule has 1 aromatic carbocycles. The highest BCUT2D eigenvalue weighted by Gasteiger charge is 2.39. The number of aromatic nitrogens is 4. The summed E-state index contributed by atoms with van der Waals surface area (Å²) in [7, 11) is 1.57. The number of likely N-dealkylation sites (N-methyl/N-ethyl adjacent to an activating group) is 1. The monoisotopic (exact) mass is 877 g/mol. The number of likely N-dealkylation sites (tertiary alicyclic amines) is 1. The number of rotatable bonds is 24. The average molecular weight is 878 g/mol. The maximum Gasteiger partial charge on any atom is 0.246 e. The van der Waals surface area contributed by atoms with E-state index in [-0.39, 0.29) is 57.0 Å². The van der Waals surface area contributed by atoms with Crippen LogP contribution in [0.25, 0.3) is 0 Å². The van der Waals surface area contributed by atoms with Crippen LogP contribution in [0.1, 0.15) is 56.5 Å². The third-order valence-corrected chi connectivity index (χ3v) is 10.3. The number of amides is 7. The summed E-state index contributed by atoms with van der Waals surface area (Å²) >= 11 is 0. The van der Waals surface area contributed by atoms with Crippen molar-refractivity contribution in [3.8, 4) is 5.75 Å². The van der Waals surface area contributed by atoms with Crippen LogP contribution in [0.15, 0.2) is 54.3 Å². The van der Waals surface area contributed by atoms with Gasteiger partial charge in [0.2, 0.25) is 41.4 Å². The van der Waals surface area contributed by atoms with E-state index in [1.807, 2.05) is 0 Å². The van der Waals surface area contributed by atoms with Crippen molar-refractivity contribution in [1.29, 1.82) is 0 Å². The largest absolute Gasteiger partial charge is 0.508 e. The molecule has 2 aromatic heterocycles. The van der Waals surface area contributed by atoms with Gasteiger partial charge in [-0.25, -0.2) is 9.97 Å². The zero-order valence-electron chi connectivity index (χ0n) is 35.6. The lowest BCUT2D eigenvalue weighted by Crippen LogP contribution is -2.61. The molecule has 7 amide bonds. The molecule has 3 heterocycles. The van der Waals surface area contributed by atoms with Crippen molar-refractivity contribution >= 4 is 47.3 Å². The molecule has 6 atom stereocenters. The summed E-state index contributed by atoms with van der Waals surface area (Å²) in [5.74, 6) is -5.35. The zero-order chi connectivity index (χ0) is 46.1. The molecule has 0 spiro atoms. The highest BCUT2D eigenvalue weighted by Crippen LogP contribution is 2.19. The van der Waals surface area contributed by atoms with Crippen LogP contribution in [0, 0.1) is 5.92 Å². The second-order valence-electron chi connectivity index (χ2n) is 15.5. The van der Waals surface area contributed by atoms with Gasteiger partial charge in [-0.05, 0) is 56.3 Å². The number of hydrogen-bond donors (Lipinski definition) is 12. The van der Waals surface area contributed by atoms with E-state index >= 15 is 0 Å². The number of H-pyrrole nitrogens is 2. The molecule has 3 aromatic rings. The number of phenols is 1. The number of imidazole rings is 2. The number of guanidine groups is 1. The van der Waals surface area contributed by atoms with Crippen LogP contribution in [0.4, 0.5) is 0 Å². The number of carbonyl (C=O) groups excluding carboxylic acids is 7. The predicted octanol–water partition coefficient (Wildman–Crippen LogP) is -3.30. The van der Waals surface area contributed by atoms with Gasteiger partial charge < -0.3 is 69.1 Å². The first-order valence-electron chi connectivity index (χ1n) is 20.6. The summed E-state index contributed by atoms with van der Waals surface area (Å²) in [5, 5.41) is 26.3. The highest BCUT2D eigenvalue weighted by molar-refractivity contribution is 5.97. The van der Waals surface area contributed by atoms with Gasteiger partial charge >= 0.3 is 0 Å². The van der Waals surface area contributed by atoms with Crippen molar-refractivity contribution in [3.63, 3.8) is 0 Å². The molecular formula is C40H59N15O8. The number of hydrogen-bond acceptors (Lipinski definition) is 12. The number of benzene rings is 1. The van der Waals surface area contributed by atoms with Gasteiger partial charge in [-0.2, -0.15) is 0 Å². The van der Waals surface area contributed by atoms with Gasteiger partial charge in [0.05, 0.1) is 19.2 Å². The standard InChI is InChI=1S/C40H59N15O8/c1-22(2)33(54-35(59)27(50-32(57)19-44-3)6-4-12-47-40(42)43)38(62)52-28(14-23-8-10-26(56)11-9-23)36(60)51-29(15-24-17-45-20-48-24)37(61)53-30(16-25-18-46-21-49-25)39(63)55-13-5-7-31(55)34(41)58/h8-11,17-18,20-22,27-31,33,44,56H,4-7,12-16,19H2,1-3H3,(H2,41,58)(H,45,48)(H,46,49)(H,50,57)(H,51,60)(H,52,62)(H,53,61)(H,54,59)(H4,42,43,47)/t27-,28-,29-,30-,31-,33-/m0/s1. The lowest BCUT2D eigenvalue weighted by atomic mass is 9.99. The van der Waals surface area contributed by atoms with Crippen LogP contribution in [0.3, 0.4) is 0 Å². The quantitative estimate of drug-likeness (QED) is 0.0239. The fourth-order valence-electron chi connectivity index (χ4n) is 7.02. The number of aromatic hydroxyl groups is 1. The number of primary amides is 1. The molecule has 1 saturated heterocycles. The maximum absolute atomic E-state index is 14.4. The van der Waals surface area contributed by atoms with E-state index in [9.17, 15) is 38.7 Å². The van der Waals surface area contributed by atoms with Crippen molar-refractivity contribution < 1.29 is 38.7 Å². The smallest absolute Gasteiger partial charge is 0.246 e. The predicted molar refractivity (Wildman–Crippen MR) is 229 cm³/mol. The van der Waals surface area contributed by atoms with Crippen molar-refractivity contribution in [1.82, 2.24) is 56.7 Å². The van der Waals surface area contributed by atoms with Gasteiger partial charge in [0.25, 0.3) is 0 Å². The van der Waals surface area contributed by atoms with E-state index in [4.69, 9.17) is 17.2 Å². The molecule has 0 saturated carbocycles.